The first-order valence-corrected chi connectivity index (χ1v) is 4.62. The van der Waals surface area contributed by atoms with Crippen LogP contribution in [0.1, 0.15) is 19.4 Å². The van der Waals surface area contributed by atoms with Crippen LogP contribution in [0.15, 0.2) is 23.3 Å². The molecular weight excluding hydrogens is 174 g/mol. The zero-order valence-electron chi connectivity index (χ0n) is 8.65. The van der Waals surface area contributed by atoms with Gasteiger partial charge in [0.25, 0.3) is 0 Å². The van der Waals surface area contributed by atoms with Crippen molar-refractivity contribution in [3.8, 4) is 0 Å². The molecular formula is C11H13N3-2. The molecule has 3 heteroatoms. The Labute approximate surface area is 83.8 Å². The quantitative estimate of drug-likeness (QED) is 0.440. The fourth-order valence-corrected chi connectivity index (χ4v) is 1.38. The van der Waals surface area contributed by atoms with Gasteiger partial charge in [0.05, 0.1) is 0 Å². The van der Waals surface area contributed by atoms with E-state index >= 15 is 0 Å². The summed E-state index contributed by atoms with van der Waals surface area (Å²) in [6.45, 7) is 7.92. The maximum absolute atomic E-state index is 4.31. The number of rotatable bonds is 0. The monoisotopic (exact) mass is 187 g/mol. The van der Waals surface area contributed by atoms with Gasteiger partial charge in [-0.1, -0.05) is 26.5 Å². The van der Waals surface area contributed by atoms with E-state index in [0.29, 0.717) is 0 Å². The van der Waals surface area contributed by atoms with Crippen LogP contribution in [0.5, 0.6) is 0 Å². The summed E-state index contributed by atoms with van der Waals surface area (Å²) in [5, 5.41) is 0. The molecule has 0 fully saturated rings. The van der Waals surface area contributed by atoms with E-state index < -0.39 is 0 Å². The van der Waals surface area contributed by atoms with Gasteiger partial charge in [0.1, 0.15) is 0 Å². The third kappa shape index (κ3) is 1.41. The lowest BCUT2D eigenvalue weighted by atomic mass is 10.2. The Kier molecular flexibility index (Phi) is 2.08. The maximum atomic E-state index is 4.31. The van der Waals surface area contributed by atoms with Crippen LogP contribution in [0, 0.1) is 19.6 Å². The average molecular weight is 187 g/mol. The summed E-state index contributed by atoms with van der Waals surface area (Å²) in [6.07, 6.45) is 1.82. The zero-order chi connectivity index (χ0) is 10.1. The van der Waals surface area contributed by atoms with E-state index in [1.165, 1.54) is 5.56 Å². The second-order valence-corrected chi connectivity index (χ2v) is 3.48. The molecule has 0 unspecified atom stereocenters. The molecule has 14 heavy (non-hydrogen) atoms. The van der Waals surface area contributed by atoms with Crippen LogP contribution < -0.4 is 10.1 Å². The lowest BCUT2D eigenvalue weighted by Gasteiger charge is -2.24. The SMILES string of the molecule is CC1=N[CH-][N+](=c2cc(C)[cH-]cn2)[C-]1C. The van der Waals surface area contributed by atoms with Gasteiger partial charge in [0.15, 0.2) is 0 Å². The first kappa shape index (κ1) is 8.94. The van der Waals surface area contributed by atoms with Crippen molar-refractivity contribution in [1.82, 2.24) is 9.56 Å². The van der Waals surface area contributed by atoms with Crippen LogP contribution in [-0.4, -0.2) is 10.7 Å². The minimum atomic E-state index is 0.933. The van der Waals surface area contributed by atoms with Crippen LogP contribution in [0.3, 0.4) is 0 Å². The normalized spacial score (nSPS) is 19.4. The molecule has 1 aliphatic heterocycles. The van der Waals surface area contributed by atoms with E-state index in [9.17, 15) is 0 Å². The van der Waals surface area contributed by atoms with Crippen molar-refractivity contribution >= 4 is 5.71 Å². The van der Waals surface area contributed by atoms with Gasteiger partial charge in [0.2, 0.25) is 0 Å². The van der Waals surface area contributed by atoms with Gasteiger partial charge < -0.3 is 9.57 Å². The Morgan fingerprint density at radius 2 is 2.21 bits per heavy atom. The molecule has 74 valence electrons. The van der Waals surface area contributed by atoms with E-state index in [1.807, 2.05) is 43.4 Å². The Balaban J connectivity index is 2.53. The van der Waals surface area contributed by atoms with E-state index in [-0.39, 0.29) is 0 Å². The third-order valence-corrected chi connectivity index (χ3v) is 2.40. The van der Waals surface area contributed by atoms with E-state index in [4.69, 9.17) is 0 Å². The number of aromatic nitrogens is 1. The van der Waals surface area contributed by atoms with Crippen LogP contribution in [0.25, 0.3) is 0 Å². The highest BCUT2D eigenvalue weighted by atomic mass is 15.2. The van der Waals surface area contributed by atoms with Gasteiger partial charge in [0, 0.05) is 12.2 Å². The highest BCUT2D eigenvalue weighted by Gasteiger charge is 2.02. The summed E-state index contributed by atoms with van der Waals surface area (Å²) in [5.41, 5.74) is 3.19. The zero-order valence-corrected chi connectivity index (χ0v) is 8.65. The summed E-state index contributed by atoms with van der Waals surface area (Å²) in [6, 6.07) is 5.18. The van der Waals surface area contributed by atoms with Crippen molar-refractivity contribution in [3.05, 3.63) is 42.1 Å². The Morgan fingerprint density at radius 1 is 1.43 bits per heavy atom. The molecule has 3 nitrogen and oxygen atoms in total. The van der Waals surface area contributed by atoms with Crippen molar-refractivity contribution < 1.29 is 0 Å². The average Bonchev–Trinajstić information content (AvgIpc) is 2.48. The molecule has 0 spiro atoms. The molecule has 2 rings (SSSR count). The predicted molar refractivity (Wildman–Crippen MR) is 56.2 cm³/mol. The van der Waals surface area contributed by atoms with Crippen LogP contribution in [0.2, 0.25) is 0 Å². The standard InChI is InChI=1S/C11H13N3/c1-8-4-5-12-11(6-8)14-7-13-9(2)10(14)3/h4-7H,1-3H3/q-2. The molecule has 1 aliphatic rings. The maximum Gasteiger partial charge on any atom is 0.0420 e. The fraction of sp³-hybridized carbons (Fsp3) is 0.273. The number of hydrogen-bond donors (Lipinski definition) is 0. The lowest BCUT2D eigenvalue weighted by molar-refractivity contribution is 0.737. The van der Waals surface area contributed by atoms with Crippen molar-refractivity contribution in [3.63, 3.8) is 0 Å². The smallest absolute Gasteiger partial charge is 0.0420 e. The Hall–Kier alpha value is -1.64. The molecule has 0 saturated heterocycles. The molecule has 0 aliphatic carbocycles. The summed E-state index contributed by atoms with van der Waals surface area (Å²) >= 11 is 0. The van der Waals surface area contributed by atoms with Crippen molar-refractivity contribution in [1.29, 1.82) is 0 Å². The van der Waals surface area contributed by atoms with E-state index in [2.05, 4.69) is 16.9 Å². The van der Waals surface area contributed by atoms with Gasteiger partial charge in [-0.3, -0.25) is 0 Å². The minimum absolute atomic E-state index is 0.933. The molecule has 0 saturated carbocycles. The number of nitrogens with zero attached hydrogens (tertiary/aromatic N) is 3. The second-order valence-electron chi connectivity index (χ2n) is 3.48. The molecule has 0 bridgehead atoms. The summed E-state index contributed by atoms with van der Waals surface area (Å²) < 4.78 is 2.00. The molecule has 2 heterocycles. The van der Waals surface area contributed by atoms with Gasteiger partial charge in [-0.15, -0.1) is 6.04 Å². The fourth-order valence-electron chi connectivity index (χ4n) is 1.38. The molecule has 0 N–H and O–H groups in total. The minimum Gasteiger partial charge on any atom is -0.473 e. The number of aliphatic imine (C=N–C) groups is 1. The van der Waals surface area contributed by atoms with Crippen molar-refractivity contribution in [2.45, 2.75) is 20.8 Å². The molecule has 1 aromatic rings. The topological polar surface area (TPSA) is 28.3 Å². The second kappa shape index (κ2) is 3.25. The molecule has 0 aromatic carbocycles. The molecule has 1 aromatic heterocycles. The van der Waals surface area contributed by atoms with Crippen LogP contribution in [-0.2, 0) is 0 Å². The molecule has 0 amide bonds. The lowest BCUT2D eigenvalue weighted by Crippen LogP contribution is -2.31. The van der Waals surface area contributed by atoms with Crippen LogP contribution >= 0.6 is 0 Å². The summed E-state index contributed by atoms with van der Waals surface area (Å²) in [7, 11) is 0. The van der Waals surface area contributed by atoms with E-state index in [1.54, 1.807) is 0 Å². The first-order valence-electron chi connectivity index (χ1n) is 4.62. The summed E-state index contributed by atoms with van der Waals surface area (Å²) in [5.74, 6) is 0. The molecule has 0 radical (unpaired) electrons. The first-order chi connectivity index (χ1) is 6.68. The van der Waals surface area contributed by atoms with Crippen molar-refractivity contribution in [2.24, 2.45) is 4.99 Å². The van der Waals surface area contributed by atoms with E-state index in [0.717, 1.165) is 17.2 Å². The third-order valence-electron chi connectivity index (χ3n) is 2.40. The Morgan fingerprint density at radius 3 is 2.79 bits per heavy atom. The van der Waals surface area contributed by atoms with Gasteiger partial charge in [-0.2, -0.15) is 6.07 Å². The largest absolute Gasteiger partial charge is 0.473 e. The summed E-state index contributed by atoms with van der Waals surface area (Å²) in [4.78, 5) is 8.55. The van der Waals surface area contributed by atoms with Crippen molar-refractivity contribution in [2.75, 3.05) is 0 Å². The van der Waals surface area contributed by atoms with Crippen LogP contribution in [0.4, 0.5) is 0 Å². The number of hydrogen-bond acceptors (Lipinski definition) is 2. The highest BCUT2D eigenvalue weighted by Crippen LogP contribution is 2.10. The van der Waals surface area contributed by atoms with Gasteiger partial charge in [-0.05, 0) is 6.20 Å². The Bertz CT molecular complexity index is 440. The highest BCUT2D eigenvalue weighted by molar-refractivity contribution is 5.96. The predicted octanol–water partition coefficient (Wildman–Crippen LogP) is 1.03. The van der Waals surface area contributed by atoms with Gasteiger partial charge >= 0.3 is 0 Å². The van der Waals surface area contributed by atoms with Gasteiger partial charge in [-0.25, -0.2) is 16.6 Å². The molecule has 0 atom stereocenters. The number of pyridine rings is 1. The number of aryl methyl sites for hydroxylation is 1.